The number of methoxy groups -OCH3 is 1. The summed E-state index contributed by atoms with van der Waals surface area (Å²) in [5.41, 5.74) is 1.01. The number of hydrogen-bond acceptors (Lipinski definition) is 3. The molecule has 1 aromatic carbocycles. The minimum Gasteiger partial charge on any atom is -0.492 e. The van der Waals surface area contributed by atoms with Crippen molar-refractivity contribution in [3.05, 3.63) is 28.2 Å². The Morgan fingerprint density at radius 2 is 2.00 bits per heavy atom. The molecule has 0 radical (unpaired) electrons. The number of ether oxygens (including phenoxy) is 2. The van der Waals surface area contributed by atoms with Gasteiger partial charge in [-0.3, -0.25) is 0 Å². The molecule has 0 unspecified atom stereocenters. The lowest BCUT2D eigenvalue weighted by atomic mass is 10.1. The molecule has 1 N–H and O–H groups in total. The van der Waals surface area contributed by atoms with Crippen LogP contribution in [0.15, 0.2) is 22.7 Å². The van der Waals surface area contributed by atoms with Gasteiger partial charge in [-0.1, -0.05) is 26.0 Å². The number of halogens is 1. The molecule has 0 bridgehead atoms. The zero-order valence-electron chi connectivity index (χ0n) is 13.1. The standard InChI is InChI=1S/C16H26BrNO2/c1-12(2)18-11-13-7-6-8-14(17)15(13)20-10-9-16(3,4)19-5/h6-8,12,18H,9-11H2,1-5H3. The van der Waals surface area contributed by atoms with Crippen molar-refractivity contribution in [1.29, 1.82) is 0 Å². The monoisotopic (exact) mass is 343 g/mol. The van der Waals surface area contributed by atoms with Crippen molar-refractivity contribution < 1.29 is 9.47 Å². The molecule has 114 valence electrons. The number of rotatable bonds is 8. The second kappa shape index (κ2) is 8.01. The SMILES string of the molecule is COC(C)(C)CCOc1c(Br)cccc1CNC(C)C. The third-order valence-corrected chi connectivity index (χ3v) is 3.88. The maximum atomic E-state index is 5.97. The first-order valence-corrected chi connectivity index (χ1v) is 7.84. The first kappa shape index (κ1) is 17.5. The van der Waals surface area contributed by atoms with Crippen LogP contribution < -0.4 is 10.1 Å². The smallest absolute Gasteiger partial charge is 0.137 e. The predicted molar refractivity (Wildman–Crippen MR) is 87.3 cm³/mol. The summed E-state index contributed by atoms with van der Waals surface area (Å²) >= 11 is 3.57. The lowest BCUT2D eigenvalue weighted by molar-refractivity contribution is 0.00530. The summed E-state index contributed by atoms with van der Waals surface area (Å²) in [5.74, 6) is 0.924. The molecule has 0 saturated carbocycles. The van der Waals surface area contributed by atoms with Gasteiger partial charge in [0.1, 0.15) is 5.75 Å². The van der Waals surface area contributed by atoms with E-state index < -0.39 is 0 Å². The van der Waals surface area contributed by atoms with Gasteiger partial charge < -0.3 is 14.8 Å². The van der Waals surface area contributed by atoms with Gasteiger partial charge in [0.15, 0.2) is 0 Å². The molecule has 0 heterocycles. The van der Waals surface area contributed by atoms with Gasteiger partial charge in [0.05, 0.1) is 16.7 Å². The highest BCUT2D eigenvalue weighted by molar-refractivity contribution is 9.10. The van der Waals surface area contributed by atoms with Crippen LogP contribution in [0.5, 0.6) is 5.75 Å². The van der Waals surface area contributed by atoms with E-state index in [9.17, 15) is 0 Å². The Balaban J connectivity index is 2.68. The van der Waals surface area contributed by atoms with Gasteiger partial charge in [-0.05, 0) is 35.8 Å². The van der Waals surface area contributed by atoms with Crippen molar-refractivity contribution in [2.24, 2.45) is 0 Å². The molecule has 0 saturated heterocycles. The van der Waals surface area contributed by atoms with Crippen molar-refractivity contribution in [3.63, 3.8) is 0 Å². The quantitative estimate of drug-likeness (QED) is 0.769. The molecule has 0 aliphatic carbocycles. The average Bonchev–Trinajstić information content (AvgIpc) is 2.38. The van der Waals surface area contributed by atoms with Gasteiger partial charge in [0, 0.05) is 31.7 Å². The third-order valence-electron chi connectivity index (χ3n) is 3.25. The molecule has 0 aliphatic heterocycles. The molecular formula is C16H26BrNO2. The molecular weight excluding hydrogens is 318 g/mol. The summed E-state index contributed by atoms with van der Waals surface area (Å²) in [5, 5.41) is 3.42. The minimum absolute atomic E-state index is 0.155. The average molecular weight is 344 g/mol. The van der Waals surface area contributed by atoms with Crippen molar-refractivity contribution >= 4 is 15.9 Å². The molecule has 0 atom stereocenters. The second-order valence-electron chi connectivity index (χ2n) is 5.83. The predicted octanol–water partition coefficient (Wildman–Crippen LogP) is 4.14. The van der Waals surface area contributed by atoms with Gasteiger partial charge in [0.25, 0.3) is 0 Å². The largest absolute Gasteiger partial charge is 0.492 e. The third kappa shape index (κ3) is 5.81. The fourth-order valence-electron chi connectivity index (χ4n) is 1.67. The fourth-order valence-corrected chi connectivity index (χ4v) is 2.19. The van der Waals surface area contributed by atoms with Crippen LogP contribution in [0.2, 0.25) is 0 Å². The second-order valence-corrected chi connectivity index (χ2v) is 6.68. The summed E-state index contributed by atoms with van der Waals surface area (Å²) in [6, 6.07) is 6.59. The first-order valence-electron chi connectivity index (χ1n) is 7.04. The van der Waals surface area contributed by atoms with Crippen LogP contribution in [-0.2, 0) is 11.3 Å². The Morgan fingerprint density at radius 3 is 2.60 bits per heavy atom. The van der Waals surface area contributed by atoms with Crippen LogP contribution >= 0.6 is 15.9 Å². The van der Waals surface area contributed by atoms with Gasteiger partial charge in [-0.15, -0.1) is 0 Å². The van der Waals surface area contributed by atoms with E-state index >= 15 is 0 Å². The Hall–Kier alpha value is -0.580. The maximum Gasteiger partial charge on any atom is 0.137 e. The van der Waals surface area contributed by atoms with Gasteiger partial charge in [0.2, 0.25) is 0 Å². The summed E-state index contributed by atoms with van der Waals surface area (Å²) in [7, 11) is 1.73. The summed E-state index contributed by atoms with van der Waals surface area (Å²) in [4.78, 5) is 0. The van der Waals surface area contributed by atoms with Gasteiger partial charge in [-0.2, -0.15) is 0 Å². The van der Waals surface area contributed by atoms with Crippen LogP contribution in [0, 0.1) is 0 Å². The number of hydrogen-bond donors (Lipinski definition) is 1. The highest BCUT2D eigenvalue weighted by Crippen LogP contribution is 2.29. The first-order chi connectivity index (χ1) is 9.35. The molecule has 1 aromatic rings. The number of para-hydroxylation sites is 1. The minimum atomic E-state index is -0.155. The van der Waals surface area contributed by atoms with Gasteiger partial charge in [-0.25, -0.2) is 0 Å². The summed E-state index contributed by atoms with van der Waals surface area (Å²) in [6.45, 7) is 9.85. The van der Waals surface area contributed by atoms with Crippen molar-refractivity contribution in [1.82, 2.24) is 5.32 Å². The lowest BCUT2D eigenvalue weighted by Gasteiger charge is -2.23. The van der Waals surface area contributed by atoms with Gasteiger partial charge >= 0.3 is 0 Å². The van der Waals surface area contributed by atoms with Crippen LogP contribution in [0.4, 0.5) is 0 Å². The topological polar surface area (TPSA) is 30.5 Å². The molecule has 0 aromatic heterocycles. The van der Waals surface area contributed by atoms with Crippen molar-refractivity contribution in [3.8, 4) is 5.75 Å². The van der Waals surface area contributed by atoms with E-state index in [1.54, 1.807) is 7.11 Å². The Morgan fingerprint density at radius 1 is 1.30 bits per heavy atom. The van der Waals surface area contributed by atoms with E-state index in [4.69, 9.17) is 9.47 Å². The fraction of sp³-hybridized carbons (Fsp3) is 0.625. The molecule has 0 spiro atoms. The highest BCUT2D eigenvalue weighted by atomic mass is 79.9. The van der Waals surface area contributed by atoms with E-state index in [2.05, 4.69) is 55.0 Å². The molecule has 3 nitrogen and oxygen atoms in total. The molecule has 20 heavy (non-hydrogen) atoms. The van der Waals surface area contributed by atoms with E-state index in [1.807, 2.05) is 12.1 Å². The highest BCUT2D eigenvalue weighted by Gasteiger charge is 2.17. The van der Waals surface area contributed by atoms with Crippen LogP contribution in [0.3, 0.4) is 0 Å². The van der Waals surface area contributed by atoms with Crippen molar-refractivity contribution in [2.75, 3.05) is 13.7 Å². The maximum absolute atomic E-state index is 5.97. The summed E-state index contributed by atoms with van der Waals surface area (Å²) < 4.78 is 12.4. The Kier molecular flexibility index (Phi) is 7.00. The molecule has 1 rings (SSSR count). The number of nitrogens with one attached hydrogen (secondary N) is 1. The Labute approximate surface area is 131 Å². The van der Waals surface area contributed by atoms with Crippen molar-refractivity contribution in [2.45, 2.75) is 52.3 Å². The zero-order valence-corrected chi connectivity index (χ0v) is 14.7. The van der Waals surface area contributed by atoms with E-state index in [0.29, 0.717) is 12.6 Å². The normalized spacial score (nSPS) is 11.9. The summed E-state index contributed by atoms with van der Waals surface area (Å²) in [6.07, 6.45) is 0.849. The molecule has 0 fully saturated rings. The zero-order chi connectivity index (χ0) is 15.2. The van der Waals surface area contributed by atoms with Crippen LogP contribution in [0.1, 0.15) is 39.7 Å². The van der Waals surface area contributed by atoms with E-state index in [-0.39, 0.29) is 5.60 Å². The number of benzene rings is 1. The van der Waals surface area contributed by atoms with E-state index in [0.717, 1.165) is 23.2 Å². The Bertz CT molecular complexity index is 419. The lowest BCUT2D eigenvalue weighted by Crippen LogP contribution is -2.25. The molecule has 4 heteroatoms. The van der Waals surface area contributed by atoms with Crippen LogP contribution in [0.25, 0.3) is 0 Å². The van der Waals surface area contributed by atoms with Crippen LogP contribution in [-0.4, -0.2) is 25.4 Å². The van der Waals surface area contributed by atoms with E-state index in [1.165, 1.54) is 5.56 Å². The molecule has 0 aliphatic rings. The molecule has 0 amide bonds.